The molecule has 6 heteroatoms. The Bertz CT molecular complexity index is 661. The molecule has 20 heavy (non-hydrogen) atoms. The Labute approximate surface area is 130 Å². The van der Waals surface area contributed by atoms with Gasteiger partial charge in [0.25, 0.3) is 0 Å². The number of hydrogen-bond donors (Lipinski definition) is 1. The smallest absolute Gasteiger partial charge is 0.228 e. The Morgan fingerprint density at radius 2 is 1.80 bits per heavy atom. The van der Waals surface area contributed by atoms with E-state index in [0.717, 1.165) is 0 Å². The second-order valence-corrected chi connectivity index (χ2v) is 5.34. The SMILES string of the molecule is O=C(Cc1ccc(Cl)cc1F)Nc1ccc(Cl)c(Cl)c1. The molecule has 2 rings (SSSR count). The molecular formula is C14H9Cl3FNO. The maximum atomic E-state index is 13.6. The van der Waals surface area contributed by atoms with Gasteiger partial charge in [0, 0.05) is 10.7 Å². The molecule has 0 spiro atoms. The molecule has 0 aliphatic heterocycles. The van der Waals surface area contributed by atoms with E-state index in [9.17, 15) is 9.18 Å². The summed E-state index contributed by atoms with van der Waals surface area (Å²) < 4.78 is 13.6. The van der Waals surface area contributed by atoms with E-state index in [4.69, 9.17) is 34.8 Å². The van der Waals surface area contributed by atoms with Crippen molar-refractivity contribution in [2.75, 3.05) is 5.32 Å². The van der Waals surface area contributed by atoms with E-state index in [2.05, 4.69) is 5.32 Å². The predicted octanol–water partition coefficient (Wildman–Crippen LogP) is 4.97. The second-order valence-electron chi connectivity index (χ2n) is 4.09. The van der Waals surface area contributed by atoms with Gasteiger partial charge < -0.3 is 5.32 Å². The summed E-state index contributed by atoms with van der Waals surface area (Å²) in [5.41, 5.74) is 0.769. The third-order valence-electron chi connectivity index (χ3n) is 2.57. The minimum atomic E-state index is -0.512. The zero-order valence-corrected chi connectivity index (χ0v) is 12.4. The number of nitrogens with one attached hydrogen (secondary N) is 1. The Hall–Kier alpha value is -1.29. The molecule has 2 aromatic rings. The molecule has 0 unspecified atom stereocenters. The largest absolute Gasteiger partial charge is 0.326 e. The number of carbonyl (C=O) groups excluding carboxylic acids is 1. The molecule has 2 nitrogen and oxygen atoms in total. The van der Waals surface area contributed by atoms with Gasteiger partial charge in [-0.3, -0.25) is 4.79 Å². The molecule has 0 aliphatic carbocycles. The molecule has 1 N–H and O–H groups in total. The van der Waals surface area contributed by atoms with Gasteiger partial charge in [-0.25, -0.2) is 4.39 Å². The number of benzene rings is 2. The minimum absolute atomic E-state index is 0.0940. The first-order valence-corrected chi connectivity index (χ1v) is 6.78. The van der Waals surface area contributed by atoms with Crippen LogP contribution in [0, 0.1) is 5.82 Å². The molecule has 0 saturated carbocycles. The normalized spacial score (nSPS) is 10.4. The zero-order chi connectivity index (χ0) is 14.7. The van der Waals surface area contributed by atoms with Crippen molar-refractivity contribution in [2.45, 2.75) is 6.42 Å². The molecule has 0 aliphatic rings. The molecule has 0 aromatic heterocycles. The lowest BCUT2D eigenvalue weighted by atomic mass is 10.1. The van der Waals surface area contributed by atoms with Crippen LogP contribution in [0.4, 0.5) is 10.1 Å². The van der Waals surface area contributed by atoms with Gasteiger partial charge in [0.15, 0.2) is 0 Å². The predicted molar refractivity (Wildman–Crippen MR) is 80.2 cm³/mol. The summed E-state index contributed by atoms with van der Waals surface area (Å²) in [6, 6.07) is 8.90. The Kier molecular flexibility index (Phi) is 4.86. The fourth-order valence-corrected chi connectivity index (χ4v) is 2.07. The molecule has 1 amide bonds. The van der Waals surface area contributed by atoms with E-state index in [1.54, 1.807) is 12.1 Å². The van der Waals surface area contributed by atoms with Gasteiger partial charge in [-0.05, 0) is 35.9 Å². The molecular weight excluding hydrogens is 324 g/mol. The highest BCUT2D eigenvalue weighted by molar-refractivity contribution is 6.42. The van der Waals surface area contributed by atoms with Gasteiger partial charge in [0.1, 0.15) is 5.82 Å². The van der Waals surface area contributed by atoms with Crippen molar-refractivity contribution in [3.8, 4) is 0 Å². The van der Waals surface area contributed by atoms with Crippen molar-refractivity contribution in [3.05, 3.63) is 62.8 Å². The second kappa shape index (κ2) is 6.44. The van der Waals surface area contributed by atoms with Crippen LogP contribution < -0.4 is 5.32 Å². The van der Waals surface area contributed by atoms with Crippen LogP contribution in [-0.4, -0.2) is 5.91 Å². The van der Waals surface area contributed by atoms with Gasteiger partial charge in [-0.1, -0.05) is 40.9 Å². The van der Waals surface area contributed by atoms with Crippen molar-refractivity contribution in [1.82, 2.24) is 0 Å². The highest BCUT2D eigenvalue weighted by Crippen LogP contribution is 2.25. The molecule has 0 fully saturated rings. The molecule has 2 aromatic carbocycles. The number of hydrogen-bond acceptors (Lipinski definition) is 1. The summed E-state index contributed by atoms with van der Waals surface area (Å²) in [5, 5.41) is 3.64. The Morgan fingerprint density at radius 3 is 2.45 bits per heavy atom. The van der Waals surface area contributed by atoms with Crippen LogP contribution in [0.1, 0.15) is 5.56 Å². The third-order valence-corrected chi connectivity index (χ3v) is 3.54. The van der Waals surface area contributed by atoms with Gasteiger partial charge >= 0.3 is 0 Å². The fourth-order valence-electron chi connectivity index (χ4n) is 1.62. The lowest BCUT2D eigenvalue weighted by molar-refractivity contribution is -0.115. The average Bonchev–Trinajstić information content (AvgIpc) is 2.37. The average molecular weight is 333 g/mol. The topological polar surface area (TPSA) is 29.1 Å². The number of anilines is 1. The lowest BCUT2D eigenvalue weighted by Crippen LogP contribution is -2.15. The number of rotatable bonds is 3. The van der Waals surface area contributed by atoms with Crippen LogP contribution in [0.25, 0.3) is 0 Å². The van der Waals surface area contributed by atoms with Crippen molar-refractivity contribution in [3.63, 3.8) is 0 Å². The van der Waals surface area contributed by atoms with E-state index >= 15 is 0 Å². The van der Waals surface area contributed by atoms with Gasteiger partial charge in [0.05, 0.1) is 16.5 Å². The Morgan fingerprint density at radius 1 is 1.05 bits per heavy atom. The van der Waals surface area contributed by atoms with Crippen LogP contribution in [0.2, 0.25) is 15.1 Å². The summed E-state index contributed by atoms with van der Waals surface area (Å²) in [7, 11) is 0. The van der Waals surface area contributed by atoms with Crippen LogP contribution in [0.3, 0.4) is 0 Å². The molecule has 0 heterocycles. The number of halogens is 4. The van der Waals surface area contributed by atoms with Crippen LogP contribution >= 0.6 is 34.8 Å². The van der Waals surface area contributed by atoms with E-state index < -0.39 is 5.82 Å². The summed E-state index contributed by atoms with van der Waals surface area (Å²) in [6.45, 7) is 0. The fraction of sp³-hybridized carbons (Fsp3) is 0.0714. The van der Waals surface area contributed by atoms with Crippen LogP contribution in [0.5, 0.6) is 0 Å². The van der Waals surface area contributed by atoms with E-state index in [-0.39, 0.29) is 22.9 Å². The molecule has 0 radical (unpaired) electrons. The van der Waals surface area contributed by atoms with E-state index in [0.29, 0.717) is 15.7 Å². The first kappa shape index (κ1) is 15.1. The van der Waals surface area contributed by atoms with Crippen molar-refractivity contribution in [1.29, 1.82) is 0 Å². The number of carbonyl (C=O) groups is 1. The first-order valence-electron chi connectivity index (χ1n) is 5.64. The standard InChI is InChI=1S/C14H9Cl3FNO/c15-9-2-1-8(13(18)6-9)5-14(20)19-10-3-4-11(16)12(17)7-10/h1-4,6-7H,5H2,(H,19,20). The minimum Gasteiger partial charge on any atom is -0.326 e. The molecule has 0 saturated heterocycles. The van der Waals surface area contributed by atoms with Crippen molar-refractivity contribution >= 4 is 46.4 Å². The molecule has 0 atom stereocenters. The summed E-state index contributed by atoms with van der Waals surface area (Å²) in [6.07, 6.45) is -0.0940. The first-order chi connectivity index (χ1) is 9.45. The summed E-state index contributed by atoms with van der Waals surface area (Å²) in [5.74, 6) is -0.869. The van der Waals surface area contributed by atoms with Crippen LogP contribution in [-0.2, 0) is 11.2 Å². The maximum Gasteiger partial charge on any atom is 0.228 e. The quantitative estimate of drug-likeness (QED) is 0.845. The molecule has 104 valence electrons. The van der Waals surface area contributed by atoms with Crippen molar-refractivity contribution in [2.24, 2.45) is 0 Å². The van der Waals surface area contributed by atoms with Gasteiger partial charge in [-0.15, -0.1) is 0 Å². The lowest BCUT2D eigenvalue weighted by Gasteiger charge is -2.07. The highest BCUT2D eigenvalue weighted by atomic mass is 35.5. The monoisotopic (exact) mass is 331 g/mol. The number of amides is 1. The van der Waals surface area contributed by atoms with Crippen LogP contribution in [0.15, 0.2) is 36.4 Å². The van der Waals surface area contributed by atoms with Gasteiger partial charge in [-0.2, -0.15) is 0 Å². The van der Waals surface area contributed by atoms with E-state index in [1.165, 1.54) is 24.3 Å². The van der Waals surface area contributed by atoms with Gasteiger partial charge in [0.2, 0.25) is 5.91 Å². The third kappa shape index (κ3) is 3.85. The summed E-state index contributed by atoms with van der Waals surface area (Å²) in [4.78, 5) is 11.8. The van der Waals surface area contributed by atoms with Crippen molar-refractivity contribution < 1.29 is 9.18 Å². The zero-order valence-electron chi connectivity index (χ0n) is 10.1. The highest BCUT2D eigenvalue weighted by Gasteiger charge is 2.09. The molecule has 0 bridgehead atoms. The van der Waals surface area contributed by atoms with E-state index in [1.807, 2.05) is 0 Å². The summed E-state index contributed by atoms with van der Waals surface area (Å²) >= 11 is 17.3. The Balaban J connectivity index is 2.07. The maximum absolute atomic E-state index is 13.6.